The van der Waals surface area contributed by atoms with Crippen molar-refractivity contribution in [3.05, 3.63) is 35.7 Å². The third-order valence-corrected chi connectivity index (χ3v) is 21.9. The number of likely N-dealkylation sites (tertiary alicyclic amines) is 1. The second-order valence-electron chi connectivity index (χ2n) is 32.4. The lowest BCUT2D eigenvalue weighted by Crippen LogP contribution is -2.66. The number of aliphatic hydroxyl groups excluding tert-OH is 6. The van der Waals surface area contributed by atoms with Crippen molar-refractivity contribution in [1.82, 2.24) is 76.5 Å². The molecule has 0 aliphatic carbocycles. The van der Waals surface area contributed by atoms with Crippen LogP contribution >= 0.6 is 0 Å². The first-order valence-corrected chi connectivity index (χ1v) is 44.0. The highest BCUT2D eigenvalue weighted by Crippen LogP contribution is 2.40. The molecule has 6 bridgehead atoms. The van der Waals surface area contributed by atoms with Crippen LogP contribution in [0.5, 0.6) is 0 Å². The molecule has 7 saturated heterocycles. The van der Waals surface area contributed by atoms with Crippen molar-refractivity contribution < 1.29 is 164 Å². The van der Waals surface area contributed by atoms with Crippen molar-refractivity contribution in [2.75, 3.05) is 211 Å². The molecule has 730 valence electrons. The summed E-state index contributed by atoms with van der Waals surface area (Å²) in [6.45, 7) is 10.5. The van der Waals surface area contributed by atoms with Crippen LogP contribution in [0.15, 0.2) is 18.6 Å². The summed E-state index contributed by atoms with van der Waals surface area (Å²) in [6, 6.07) is -2.75. The quantitative estimate of drug-likeness (QED) is 0.0185. The monoisotopic (exact) mass is 1850 g/mol. The van der Waals surface area contributed by atoms with Crippen LogP contribution in [-0.2, 0) is 172 Å². The van der Waals surface area contributed by atoms with Gasteiger partial charge in [0, 0.05) is 59.5 Å². The van der Waals surface area contributed by atoms with Gasteiger partial charge in [0.2, 0.25) is 41.4 Å². The van der Waals surface area contributed by atoms with E-state index in [0.29, 0.717) is 115 Å². The Kier molecular flexibility index (Phi) is 44.2. The summed E-state index contributed by atoms with van der Waals surface area (Å²) in [4.78, 5) is 87.0. The minimum absolute atomic E-state index is 0.0215. The number of unbranched alkanes of at least 4 members (excludes halogenated alkanes) is 4. The molecule has 11 N–H and O–H groups in total. The number of aromatic nitrogens is 9. The van der Waals surface area contributed by atoms with Crippen LogP contribution < -0.4 is 26.6 Å². The van der Waals surface area contributed by atoms with E-state index in [2.05, 4.69) is 57.5 Å². The predicted octanol–water partition coefficient (Wildman–Crippen LogP) is -6.09. The molecule has 0 saturated carbocycles. The van der Waals surface area contributed by atoms with Gasteiger partial charge >= 0.3 is 0 Å². The zero-order valence-electron chi connectivity index (χ0n) is 73.7. The summed E-state index contributed by atoms with van der Waals surface area (Å²) in [5.41, 5.74) is -3.74. The highest BCUT2D eigenvalue weighted by Gasteiger charge is 2.62. The average Bonchev–Trinajstić information content (AvgIpc) is 1.61. The first-order valence-electron chi connectivity index (χ1n) is 44.0. The number of amides is 7. The predicted molar refractivity (Wildman–Crippen MR) is 435 cm³/mol. The Morgan fingerprint density at radius 2 is 0.698 bits per heavy atom. The topological polar surface area (TPSA) is 590 Å². The molecule has 10 heterocycles. The summed E-state index contributed by atoms with van der Waals surface area (Å²) in [6.07, 6.45) is -1.06. The van der Waals surface area contributed by atoms with Gasteiger partial charge in [-0.05, 0) is 25.7 Å². The molecule has 49 nitrogen and oxygen atoms in total. The molecule has 0 spiro atoms. The summed E-state index contributed by atoms with van der Waals surface area (Å²) in [7, 11) is 0. The van der Waals surface area contributed by atoms with Crippen LogP contribution in [0.3, 0.4) is 0 Å². The van der Waals surface area contributed by atoms with Gasteiger partial charge < -0.3 is 157 Å². The Hall–Kier alpha value is -7.17. The van der Waals surface area contributed by atoms with E-state index < -0.39 is 114 Å². The van der Waals surface area contributed by atoms with Gasteiger partial charge in [-0.2, -0.15) is 0 Å². The standard InChI is InChI=1S/C80H131N15O34/c1-55(96)82-65-68(103)71(106)78(52-124-74(65)127-78)49-118-37-34-115-31-28-112-25-22-109-19-16-92-40-58(86-89-92)43-121-46-77(85-62(100)11-6-4-8-14-81-61(99)10-7-5-9-15-95-63(101)12-13-64(95)102,47-122-44-59-41-93(90-87-59)17-20-110-23-26-113-29-32-116-35-38-119-50-79-53-125-75(128-79)66(83-56(2)97)69(104)72(79)107)48-123-45-60-42-94(91-88-60)18-21-111-24-27-114-30-33-117-36-39-120-51-80-54-126-76(129-80)67(84-57(3)98)70(105)73(80)108/h40-42,65-76,103-108H,4-39,43-54H2,1-3H3,(H,81,99)(H,82,96)(H,83,97)(H,84,98)(H,85,100)/t65-,66-,67-,68-,69-,70-,71-,72-,73-,74-,75-,76?,78+,79+,80+/m1/s1. The van der Waals surface area contributed by atoms with Crippen LogP contribution in [0.4, 0.5) is 0 Å². The highest BCUT2D eigenvalue weighted by atomic mass is 16.8. The van der Waals surface area contributed by atoms with Gasteiger partial charge in [0.05, 0.1) is 256 Å². The largest absolute Gasteiger partial charge is 0.388 e. The van der Waals surface area contributed by atoms with Gasteiger partial charge in [0.15, 0.2) is 18.9 Å². The average molecular weight is 1850 g/mol. The molecule has 10 rings (SSSR count). The van der Waals surface area contributed by atoms with E-state index >= 15 is 0 Å². The number of imide groups is 1. The van der Waals surface area contributed by atoms with E-state index in [-0.39, 0.29) is 241 Å². The third-order valence-electron chi connectivity index (χ3n) is 21.9. The minimum Gasteiger partial charge on any atom is -0.388 e. The number of nitrogens with one attached hydrogen (secondary N) is 5. The Morgan fingerprint density at radius 3 is 1.02 bits per heavy atom. The fourth-order valence-corrected chi connectivity index (χ4v) is 15.1. The molecule has 3 aromatic rings. The number of carbonyl (C=O) groups is 7. The third kappa shape index (κ3) is 33.5. The zero-order chi connectivity index (χ0) is 91.7. The Labute approximate surface area is 746 Å². The number of hydrogen-bond acceptors (Lipinski definition) is 40. The highest BCUT2D eigenvalue weighted by molar-refractivity contribution is 6.01. The SMILES string of the molecule is CC(=O)N[C@H]1[C@@H]2OC[C@](COCCOCCOCCOCCn3cc(COCC(COCc4cn(CCOCCOCCOCCOC[C@@]56CO[C@H](O5)[C@H](NC(C)=O)[C@@H](O)[C@H]6O)nn4)(COCc4cn(CCOCCOCCOCCOC[C@@]56COC(O5)[C@H](NC(C)=O)[C@@H](O)[C@H]6O)nn4)NC(=O)CCCCCNC(=O)CCCCCN4C(=O)CCC4=O)nn3)(O2)[C@H](O)[C@@H]1O. The summed E-state index contributed by atoms with van der Waals surface area (Å²) < 4.78 is 127. The molecular weight excluding hydrogens is 1710 g/mol. The first-order chi connectivity index (χ1) is 62.5. The van der Waals surface area contributed by atoms with E-state index in [4.69, 9.17) is 99.5 Å². The van der Waals surface area contributed by atoms with Crippen molar-refractivity contribution in [2.45, 2.75) is 220 Å². The number of ether oxygens (including phenoxy) is 21. The lowest BCUT2D eigenvalue weighted by molar-refractivity contribution is -0.238. The summed E-state index contributed by atoms with van der Waals surface area (Å²) in [5.74, 6) is -1.93. The van der Waals surface area contributed by atoms with E-state index in [1.807, 2.05) is 0 Å². The van der Waals surface area contributed by atoms with E-state index in [0.717, 1.165) is 0 Å². The van der Waals surface area contributed by atoms with Crippen molar-refractivity contribution in [3.63, 3.8) is 0 Å². The van der Waals surface area contributed by atoms with Crippen molar-refractivity contribution in [3.8, 4) is 0 Å². The Morgan fingerprint density at radius 1 is 0.395 bits per heavy atom. The second kappa shape index (κ2) is 54.9. The van der Waals surface area contributed by atoms with Gasteiger partial charge in [-0.1, -0.05) is 28.5 Å². The Balaban J connectivity index is 0.652. The number of hydrogen-bond donors (Lipinski definition) is 11. The molecule has 129 heavy (non-hydrogen) atoms. The van der Waals surface area contributed by atoms with Crippen LogP contribution in [0.2, 0.25) is 0 Å². The van der Waals surface area contributed by atoms with Crippen molar-refractivity contribution in [1.29, 1.82) is 0 Å². The number of carbonyl (C=O) groups excluding carboxylic acids is 7. The van der Waals surface area contributed by atoms with Crippen molar-refractivity contribution in [2.24, 2.45) is 0 Å². The van der Waals surface area contributed by atoms with E-state index in [1.54, 1.807) is 32.6 Å². The molecule has 49 heteroatoms. The molecule has 0 radical (unpaired) electrons. The van der Waals surface area contributed by atoms with Gasteiger partial charge in [-0.3, -0.25) is 38.5 Å². The normalized spacial score (nSPS) is 26.3. The van der Waals surface area contributed by atoms with E-state index in [9.17, 15) is 64.2 Å². The van der Waals surface area contributed by atoms with Gasteiger partial charge in [0.25, 0.3) is 0 Å². The fraction of sp³-hybridized carbons (Fsp3) is 0.838. The van der Waals surface area contributed by atoms with Gasteiger partial charge in [-0.25, -0.2) is 14.0 Å². The second-order valence-corrected chi connectivity index (χ2v) is 32.4. The Bertz CT molecular complexity index is 3500. The van der Waals surface area contributed by atoms with Crippen LogP contribution in [0.1, 0.15) is 102 Å². The number of aliphatic hydroxyl groups is 6. The van der Waals surface area contributed by atoms with E-state index in [1.165, 1.54) is 25.7 Å². The van der Waals surface area contributed by atoms with Gasteiger partial charge in [0.1, 0.15) is 94.2 Å². The lowest BCUT2D eigenvalue weighted by atomic mass is 9.88. The molecule has 15 atom stereocenters. The molecule has 0 aromatic carbocycles. The molecule has 7 aliphatic heterocycles. The maximum absolute atomic E-state index is 14.2. The summed E-state index contributed by atoms with van der Waals surface area (Å²) >= 11 is 0. The van der Waals surface area contributed by atoms with Crippen LogP contribution in [-0.4, -0.2) is 429 Å². The number of fused-ring (bicyclic) bond motifs is 6. The van der Waals surface area contributed by atoms with Crippen molar-refractivity contribution >= 4 is 41.4 Å². The zero-order valence-corrected chi connectivity index (χ0v) is 73.7. The molecule has 7 aliphatic rings. The number of rotatable bonds is 70. The molecular formula is C80H131N15O34. The molecule has 3 aromatic heterocycles. The molecule has 7 amide bonds. The maximum Gasteiger partial charge on any atom is 0.229 e. The molecule has 7 fully saturated rings. The first kappa shape index (κ1) is 104. The smallest absolute Gasteiger partial charge is 0.229 e. The number of nitrogens with zero attached hydrogens (tertiary/aromatic N) is 10. The summed E-state index contributed by atoms with van der Waals surface area (Å²) in [5, 5.41) is 104. The lowest BCUT2D eigenvalue weighted by Gasteiger charge is -2.42. The minimum atomic E-state index is -1.35. The maximum atomic E-state index is 14.2. The fourth-order valence-electron chi connectivity index (χ4n) is 15.1. The van der Waals surface area contributed by atoms with Crippen LogP contribution in [0, 0.1) is 0 Å². The van der Waals surface area contributed by atoms with Crippen LogP contribution in [0.25, 0.3) is 0 Å². The molecule has 1 unspecified atom stereocenters. The van der Waals surface area contributed by atoms with Gasteiger partial charge in [-0.15, -0.1) is 15.3 Å².